The minimum absolute atomic E-state index is 0.0312. The molecule has 3 N–H and O–H groups in total. The first-order chi connectivity index (χ1) is 20.0. The molecular formula is C31H46N4O6S. The Morgan fingerprint density at radius 3 is 2.43 bits per heavy atom. The summed E-state index contributed by atoms with van der Waals surface area (Å²) in [5, 5.41) is 16.2. The summed E-state index contributed by atoms with van der Waals surface area (Å²) in [5.41, 5.74) is 4.17. The first-order valence-electron chi connectivity index (χ1n) is 14.7. The lowest BCUT2D eigenvalue weighted by Gasteiger charge is -2.35. The predicted molar refractivity (Wildman–Crippen MR) is 163 cm³/mol. The standard InChI is InChI=1S/C31H46N4O6S/c1-6-7-13-40-15-16-41-14-12-26(37)34-28(31(3,4)5)30(39)35-19-24(36)17-25(35)29(38)32-18-22-8-10-23(11-9-22)27-21(2)33-20-42-27/h8-11,20,24-25,28,36H,6-7,12-19H2,1-5H3,(H,32,38)(H,34,37)/t24-,25+,28-/m1/s1. The second kappa shape index (κ2) is 16.1. The number of hydrogen-bond donors (Lipinski definition) is 3. The van der Waals surface area contributed by atoms with E-state index >= 15 is 0 Å². The average molecular weight is 603 g/mol. The van der Waals surface area contributed by atoms with Gasteiger partial charge in [0.05, 0.1) is 42.0 Å². The smallest absolute Gasteiger partial charge is 0.246 e. The largest absolute Gasteiger partial charge is 0.391 e. The third-order valence-corrected chi connectivity index (χ3v) is 8.18. The van der Waals surface area contributed by atoms with E-state index < -0.39 is 23.6 Å². The van der Waals surface area contributed by atoms with Gasteiger partial charge in [-0.3, -0.25) is 14.4 Å². The molecule has 1 saturated heterocycles. The van der Waals surface area contributed by atoms with Crippen molar-refractivity contribution >= 4 is 29.1 Å². The van der Waals surface area contributed by atoms with Crippen LogP contribution in [0.25, 0.3) is 10.4 Å². The van der Waals surface area contributed by atoms with Crippen molar-refractivity contribution in [2.45, 2.75) is 85.0 Å². The summed E-state index contributed by atoms with van der Waals surface area (Å²) >= 11 is 1.58. The molecule has 42 heavy (non-hydrogen) atoms. The SMILES string of the molecule is CCCCOCCOCCC(=O)N[C@H](C(=O)N1C[C@H](O)C[C@H]1C(=O)NCc1ccc(-c2scnc2C)cc1)C(C)(C)C. The van der Waals surface area contributed by atoms with E-state index in [2.05, 4.69) is 22.5 Å². The van der Waals surface area contributed by atoms with Crippen LogP contribution >= 0.6 is 11.3 Å². The van der Waals surface area contributed by atoms with E-state index in [1.165, 1.54) is 4.90 Å². The lowest BCUT2D eigenvalue weighted by atomic mass is 9.85. The number of likely N-dealkylation sites (tertiary alicyclic amines) is 1. The van der Waals surface area contributed by atoms with E-state index in [-0.39, 0.29) is 43.7 Å². The van der Waals surface area contributed by atoms with Gasteiger partial charge in [-0.1, -0.05) is 58.4 Å². The molecule has 3 amide bonds. The molecule has 0 spiro atoms. The van der Waals surface area contributed by atoms with E-state index in [9.17, 15) is 19.5 Å². The fourth-order valence-corrected chi connectivity index (χ4v) is 5.56. The molecule has 0 radical (unpaired) electrons. The molecule has 0 saturated carbocycles. The van der Waals surface area contributed by atoms with Crippen LogP contribution in [0.15, 0.2) is 29.8 Å². The minimum atomic E-state index is -0.870. The van der Waals surface area contributed by atoms with Crippen molar-refractivity contribution in [2.24, 2.45) is 5.41 Å². The molecule has 1 aromatic heterocycles. The van der Waals surface area contributed by atoms with Gasteiger partial charge in [0, 0.05) is 32.5 Å². The number of hydrogen-bond acceptors (Lipinski definition) is 8. The van der Waals surface area contributed by atoms with Crippen molar-refractivity contribution in [1.82, 2.24) is 20.5 Å². The Morgan fingerprint density at radius 2 is 1.81 bits per heavy atom. The Labute approximate surface area is 253 Å². The molecular weight excluding hydrogens is 556 g/mol. The van der Waals surface area contributed by atoms with E-state index in [1.807, 2.05) is 57.5 Å². The average Bonchev–Trinajstić information content (AvgIpc) is 3.56. The number of unbranched alkanes of at least 4 members (excludes halogenated alkanes) is 1. The number of carbonyl (C=O) groups excluding carboxylic acids is 3. The molecule has 3 rings (SSSR count). The number of nitrogens with one attached hydrogen (secondary N) is 2. The quantitative estimate of drug-likeness (QED) is 0.266. The van der Waals surface area contributed by atoms with Gasteiger partial charge in [0.25, 0.3) is 0 Å². The number of benzene rings is 1. The zero-order valence-corrected chi connectivity index (χ0v) is 26.3. The van der Waals surface area contributed by atoms with Crippen LogP contribution < -0.4 is 10.6 Å². The summed E-state index contributed by atoms with van der Waals surface area (Å²) in [6.07, 6.45) is 1.49. The molecule has 1 aromatic carbocycles. The Kier molecular flexibility index (Phi) is 12.9. The predicted octanol–water partition coefficient (Wildman–Crippen LogP) is 3.45. The van der Waals surface area contributed by atoms with Crippen LogP contribution in [0.2, 0.25) is 0 Å². The van der Waals surface area contributed by atoms with Gasteiger partial charge in [-0.05, 0) is 29.9 Å². The summed E-state index contributed by atoms with van der Waals surface area (Å²) in [4.78, 5) is 46.5. The highest BCUT2D eigenvalue weighted by Gasteiger charge is 2.44. The van der Waals surface area contributed by atoms with Gasteiger partial charge in [0.2, 0.25) is 17.7 Å². The number of thiazole rings is 1. The summed E-state index contributed by atoms with van der Waals surface area (Å²) in [7, 11) is 0. The second-order valence-corrected chi connectivity index (χ2v) is 12.6. The van der Waals surface area contributed by atoms with Crippen molar-refractivity contribution in [2.75, 3.05) is 33.0 Å². The molecule has 0 aliphatic carbocycles. The first-order valence-corrected chi connectivity index (χ1v) is 15.6. The number of amides is 3. The highest BCUT2D eigenvalue weighted by atomic mass is 32.1. The van der Waals surface area contributed by atoms with Gasteiger partial charge in [0.1, 0.15) is 12.1 Å². The van der Waals surface area contributed by atoms with Gasteiger partial charge in [-0.25, -0.2) is 4.98 Å². The molecule has 0 unspecified atom stereocenters. The molecule has 1 aliphatic heterocycles. The normalized spacial score (nSPS) is 17.7. The maximum Gasteiger partial charge on any atom is 0.246 e. The zero-order valence-electron chi connectivity index (χ0n) is 25.5. The molecule has 1 aliphatic rings. The number of carbonyl (C=O) groups is 3. The van der Waals surface area contributed by atoms with Gasteiger partial charge in [0.15, 0.2) is 0 Å². The number of ether oxygens (including phenoxy) is 2. The third kappa shape index (κ3) is 9.86. The van der Waals surface area contributed by atoms with Gasteiger partial charge in [-0.15, -0.1) is 11.3 Å². The van der Waals surface area contributed by atoms with Gasteiger partial charge >= 0.3 is 0 Å². The van der Waals surface area contributed by atoms with E-state index in [1.54, 1.807) is 11.3 Å². The molecule has 11 heteroatoms. The Hall–Kier alpha value is -2.86. The second-order valence-electron chi connectivity index (χ2n) is 11.8. The van der Waals surface area contributed by atoms with Crippen molar-refractivity contribution in [3.63, 3.8) is 0 Å². The summed E-state index contributed by atoms with van der Waals surface area (Å²) in [6, 6.07) is 6.21. The first kappa shape index (κ1) is 33.6. The Morgan fingerprint density at radius 1 is 1.12 bits per heavy atom. The molecule has 2 aromatic rings. The van der Waals surface area contributed by atoms with Crippen LogP contribution in [0.4, 0.5) is 0 Å². The van der Waals surface area contributed by atoms with E-state index in [0.29, 0.717) is 26.4 Å². The molecule has 3 atom stereocenters. The maximum atomic E-state index is 13.7. The number of aromatic nitrogens is 1. The van der Waals surface area contributed by atoms with Gasteiger partial charge in [-0.2, -0.15) is 0 Å². The van der Waals surface area contributed by atoms with Crippen molar-refractivity contribution in [3.8, 4) is 10.4 Å². The fourth-order valence-electron chi connectivity index (χ4n) is 4.75. The van der Waals surface area contributed by atoms with Crippen LogP contribution in [0.5, 0.6) is 0 Å². The summed E-state index contributed by atoms with van der Waals surface area (Å²) in [5.74, 6) is -1.04. The van der Waals surface area contributed by atoms with E-state index in [4.69, 9.17) is 9.47 Å². The van der Waals surface area contributed by atoms with Crippen LogP contribution in [0.1, 0.15) is 64.6 Å². The number of rotatable bonds is 15. The number of β-amino-alcohol motifs (C(OH)–C–C–N with tert-alkyl or cyclic N) is 1. The van der Waals surface area contributed by atoms with Crippen LogP contribution in [-0.4, -0.2) is 83.9 Å². The van der Waals surface area contributed by atoms with Crippen molar-refractivity contribution < 1.29 is 29.0 Å². The number of aliphatic hydroxyl groups excluding tert-OH is 1. The van der Waals surface area contributed by atoms with E-state index in [0.717, 1.165) is 34.5 Å². The third-order valence-electron chi connectivity index (χ3n) is 7.20. The Bertz CT molecular complexity index is 1160. The van der Waals surface area contributed by atoms with Crippen LogP contribution in [0.3, 0.4) is 0 Å². The lowest BCUT2D eigenvalue weighted by molar-refractivity contribution is -0.144. The van der Waals surface area contributed by atoms with Crippen LogP contribution in [-0.2, 0) is 30.4 Å². The fraction of sp³-hybridized carbons (Fsp3) is 0.613. The highest BCUT2D eigenvalue weighted by Crippen LogP contribution is 2.28. The highest BCUT2D eigenvalue weighted by molar-refractivity contribution is 7.13. The zero-order chi connectivity index (χ0) is 30.7. The monoisotopic (exact) mass is 602 g/mol. The molecule has 232 valence electrons. The molecule has 1 fully saturated rings. The van der Waals surface area contributed by atoms with Crippen molar-refractivity contribution in [3.05, 3.63) is 41.0 Å². The topological polar surface area (TPSA) is 130 Å². The number of aliphatic hydroxyl groups is 1. The number of nitrogens with zero attached hydrogens (tertiary/aromatic N) is 2. The maximum absolute atomic E-state index is 13.7. The van der Waals surface area contributed by atoms with Gasteiger partial charge < -0.3 is 30.1 Å². The minimum Gasteiger partial charge on any atom is -0.391 e. The Balaban J connectivity index is 1.54. The number of aryl methyl sites for hydroxylation is 1. The van der Waals surface area contributed by atoms with Crippen molar-refractivity contribution in [1.29, 1.82) is 0 Å². The summed E-state index contributed by atoms with van der Waals surface area (Å²) in [6.45, 7) is 11.8. The molecule has 10 nitrogen and oxygen atoms in total. The summed E-state index contributed by atoms with van der Waals surface area (Å²) < 4.78 is 10.9. The molecule has 2 heterocycles. The molecule has 0 bridgehead atoms. The lowest BCUT2D eigenvalue weighted by Crippen LogP contribution is -2.57. The van der Waals surface area contributed by atoms with Crippen LogP contribution in [0, 0.1) is 12.3 Å².